The van der Waals surface area contributed by atoms with Gasteiger partial charge in [0.1, 0.15) is 0 Å². The second kappa shape index (κ2) is 4.47. The van der Waals surface area contributed by atoms with Crippen LogP contribution >= 0.6 is 0 Å². The molecule has 0 spiro atoms. The molecule has 14 heavy (non-hydrogen) atoms. The van der Waals surface area contributed by atoms with Crippen molar-refractivity contribution in [1.29, 1.82) is 0 Å². The molecule has 0 radical (unpaired) electrons. The standard InChI is InChI=1S/C12H17NO/c1-2-10-3-5-12(6-4-10)13-7-11-8-14-9-11/h3-6,11,13H,2,7-9H2,1H3. The maximum atomic E-state index is 5.12. The first-order chi connectivity index (χ1) is 6.88. The SMILES string of the molecule is CCc1ccc(NCC2COC2)cc1. The summed E-state index contributed by atoms with van der Waals surface area (Å²) in [5.41, 5.74) is 2.61. The number of aryl methyl sites for hydroxylation is 1. The topological polar surface area (TPSA) is 21.3 Å². The summed E-state index contributed by atoms with van der Waals surface area (Å²) in [6.45, 7) is 5.04. The summed E-state index contributed by atoms with van der Waals surface area (Å²) in [6.07, 6.45) is 1.11. The Morgan fingerprint density at radius 3 is 2.50 bits per heavy atom. The summed E-state index contributed by atoms with van der Waals surface area (Å²) in [5, 5.41) is 3.42. The zero-order valence-corrected chi connectivity index (χ0v) is 8.62. The summed E-state index contributed by atoms with van der Waals surface area (Å²) in [5.74, 6) is 0.709. The third-order valence-corrected chi connectivity index (χ3v) is 2.66. The second-order valence-electron chi connectivity index (χ2n) is 3.83. The molecule has 1 aliphatic rings. The third kappa shape index (κ3) is 2.26. The Hall–Kier alpha value is -1.02. The number of benzene rings is 1. The Morgan fingerprint density at radius 2 is 2.00 bits per heavy atom. The monoisotopic (exact) mass is 191 g/mol. The van der Waals surface area contributed by atoms with Gasteiger partial charge in [0.2, 0.25) is 0 Å². The predicted molar refractivity (Wildman–Crippen MR) is 58.6 cm³/mol. The summed E-state index contributed by atoms with van der Waals surface area (Å²) < 4.78 is 5.12. The lowest BCUT2D eigenvalue weighted by atomic mass is 10.1. The van der Waals surface area contributed by atoms with Crippen LogP contribution in [0, 0.1) is 5.92 Å². The van der Waals surface area contributed by atoms with Gasteiger partial charge in [0.15, 0.2) is 0 Å². The van der Waals surface area contributed by atoms with Crippen LogP contribution in [0.2, 0.25) is 0 Å². The molecule has 0 aliphatic carbocycles. The molecule has 1 N–H and O–H groups in total. The van der Waals surface area contributed by atoms with E-state index in [-0.39, 0.29) is 0 Å². The minimum atomic E-state index is 0.709. The molecule has 2 nitrogen and oxygen atoms in total. The molecule has 76 valence electrons. The Morgan fingerprint density at radius 1 is 1.29 bits per heavy atom. The van der Waals surface area contributed by atoms with Gasteiger partial charge in [-0.05, 0) is 24.1 Å². The Labute approximate surface area is 85.3 Å². The molecule has 2 heteroatoms. The fourth-order valence-electron chi connectivity index (χ4n) is 1.52. The molecule has 0 amide bonds. The molecule has 1 saturated heterocycles. The van der Waals surface area contributed by atoms with Crippen molar-refractivity contribution in [1.82, 2.24) is 0 Å². The number of hydrogen-bond donors (Lipinski definition) is 1. The number of hydrogen-bond acceptors (Lipinski definition) is 2. The molecule has 0 saturated carbocycles. The van der Waals surface area contributed by atoms with Gasteiger partial charge < -0.3 is 10.1 Å². The van der Waals surface area contributed by atoms with Crippen LogP contribution in [0.3, 0.4) is 0 Å². The summed E-state index contributed by atoms with van der Waals surface area (Å²) in [4.78, 5) is 0. The third-order valence-electron chi connectivity index (χ3n) is 2.66. The van der Waals surface area contributed by atoms with Gasteiger partial charge in [0.05, 0.1) is 13.2 Å². The maximum Gasteiger partial charge on any atom is 0.0533 e. The van der Waals surface area contributed by atoms with Gasteiger partial charge in [-0.15, -0.1) is 0 Å². The lowest BCUT2D eigenvalue weighted by molar-refractivity contribution is -0.0248. The van der Waals surface area contributed by atoms with E-state index in [0.717, 1.165) is 26.2 Å². The van der Waals surface area contributed by atoms with Crippen LogP contribution in [0.1, 0.15) is 12.5 Å². The molecule has 1 fully saturated rings. The van der Waals surface area contributed by atoms with Gasteiger partial charge in [-0.25, -0.2) is 0 Å². The number of anilines is 1. The highest BCUT2D eigenvalue weighted by Gasteiger charge is 2.17. The number of rotatable bonds is 4. The molecule has 1 aromatic carbocycles. The van der Waals surface area contributed by atoms with E-state index in [1.54, 1.807) is 0 Å². The van der Waals surface area contributed by atoms with Crippen molar-refractivity contribution in [3.05, 3.63) is 29.8 Å². The summed E-state index contributed by atoms with van der Waals surface area (Å²) >= 11 is 0. The van der Waals surface area contributed by atoms with Crippen molar-refractivity contribution in [3.63, 3.8) is 0 Å². The number of ether oxygens (including phenoxy) is 1. The fraction of sp³-hybridized carbons (Fsp3) is 0.500. The van der Waals surface area contributed by atoms with E-state index in [9.17, 15) is 0 Å². The lowest BCUT2D eigenvalue weighted by Gasteiger charge is -2.26. The molecule has 1 heterocycles. The van der Waals surface area contributed by atoms with Crippen molar-refractivity contribution in [3.8, 4) is 0 Å². The summed E-state index contributed by atoms with van der Waals surface area (Å²) in [7, 11) is 0. The van der Waals surface area contributed by atoms with E-state index in [4.69, 9.17) is 4.74 Å². The van der Waals surface area contributed by atoms with E-state index in [1.165, 1.54) is 11.3 Å². The first kappa shape index (κ1) is 9.53. The van der Waals surface area contributed by atoms with Crippen molar-refractivity contribution < 1.29 is 4.74 Å². The molecule has 0 unspecified atom stereocenters. The zero-order valence-electron chi connectivity index (χ0n) is 8.62. The smallest absolute Gasteiger partial charge is 0.0533 e. The Bertz CT molecular complexity index is 277. The van der Waals surface area contributed by atoms with E-state index in [1.807, 2.05) is 0 Å². The molecule has 1 aromatic rings. The molecular weight excluding hydrogens is 174 g/mol. The van der Waals surface area contributed by atoms with Crippen molar-refractivity contribution in [2.75, 3.05) is 25.1 Å². The number of nitrogens with one attached hydrogen (secondary N) is 1. The Kier molecular flexibility index (Phi) is 3.04. The first-order valence-corrected chi connectivity index (χ1v) is 5.29. The highest BCUT2D eigenvalue weighted by molar-refractivity contribution is 5.44. The molecule has 0 atom stereocenters. The molecule has 0 aromatic heterocycles. The van der Waals surface area contributed by atoms with Crippen molar-refractivity contribution in [2.24, 2.45) is 5.92 Å². The minimum absolute atomic E-state index is 0.709. The van der Waals surface area contributed by atoms with Crippen LogP contribution in [-0.2, 0) is 11.2 Å². The van der Waals surface area contributed by atoms with E-state index >= 15 is 0 Å². The molecular formula is C12H17NO. The maximum absolute atomic E-state index is 5.12. The highest BCUT2D eigenvalue weighted by atomic mass is 16.5. The van der Waals surface area contributed by atoms with E-state index in [0.29, 0.717) is 5.92 Å². The molecule has 0 bridgehead atoms. The van der Waals surface area contributed by atoms with Crippen LogP contribution in [0.4, 0.5) is 5.69 Å². The molecule has 2 rings (SSSR count). The normalized spacial score (nSPS) is 16.4. The zero-order chi connectivity index (χ0) is 9.80. The second-order valence-corrected chi connectivity index (χ2v) is 3.83. The Balaban J connectivity index is 1.83. The summed E-state index contributed by atoms with van der Waals surface area (Å²) in [6, 6.07) is 8.66. The largest absolute Gasteiger partial charge is 0.385 e. The van der Waals surface area contributed by atoms with Gasteiger partial charge in [-0.1, -0.05) is 19.1 Å². The predicted octanol–water partition coefficient (Wildman–Crippen LogP) is 2.31. The van der Waals surface area contributed by atoms with Crippen LogP contribution in [0.25, 0.3) is 0 Å². The average Bonchev–Trinajstić information content (AvgIpc) is 2.16. The van der Waals surface area contributed by atoms with Crippen LogP contribution < -0.4 is 5.32 Å². The van der Waals surface area contributed by atoms with Crippen molar-refractivity contribution >= 4 is 5.69 Å². The quantitative estimate of drug-likeness (QED) is 0.788. The van der Waals surface area contributed by atoms with Gasteiger partial charge in [-0.3, -0.25) is 0 Å². The van der Waals surface area contributed by atoms with Crippen LogP contribution in [0.5, 0.6) is 0 Å². The molecule has 1 aliphatic heterocycles. The van der Waals surface area contributed by atoms with Crippen molar-refractivity contribution in [2.45, 2.75) is 13.3 Å². The van der Waals surface area contributed by atoms with Gasteiger partial charge in [-0.2, -0.15) is 0 Å². The average molecular weight is 191 g/mol. The van der Waals surface area contributed by atoms with Gasteiger partial charge >= 0.3 is 0 Å². The highest BCUT2D eigenvalue weighted by Crippen LogP contribution is 2.13. The van der Waals surface area contributed by atoms with Crippen LogP contribution in [0.15, 0.2) is 24.3 Å². The minimum Gasteiger partial charge on any atom is -0.385 e. The van der Waals surface area contributed by atoms with Gasteiger partial charge in [0.25, 0.3) is 0 Å². The van der Waals surface area contributed by atoms with Crippen LogP contribution in [-0.4, -0.2) is 19.8 Å². The van der Waals surface area contributed by atoms with E-state index in [2.05, 4.69) is 36.5 Å². The van der Waals surface area contributed by atoms with E-state index < -0.39 is 0 Å². The fourth-order valence-corrected chi connectivity index (χ4v) is 1.52. The lowest BCUT2D eigenvalue weighted by Crippen LogP contribution is -2.33. The first-order valence-electron chi connectivity index (χ1n) is 5.29. The van der Waals surface area contributed by atoms with Gasteiger partial charge in [0, 0.05) is 18.2 Å².